The summed E-state index contributed by atoms with van der Waals surface area (Å²) in [5.74, 6) is 1.36. The minimum atomic E-state index is -0.362. The van der Waals surface area contributed by atoms with Crippen LogP contribution in [0, 0.1) is 0 Å². The van der Waals surface area contributed by atoms with E-state index in [1.54, 1.807) is 6.07 Å². The Morgan fingerprint density at radius 3 is 2.57 bits per heavy atom. The van der Waals surface area contributed by atoms with Gasteiger partial charge in [0.15, 0.2) is 11.5 Å². The minimum absolute atomic E-state index is 0. The van der Waals surface area contributed by atoms with Crippen LogP contribution in [0.4, 0.5) is 4.39 Å². The molecule has 0 radical (unpaired) electrons. The maximum atomic E-state index is 12.9. The van der Waals surface area contributed by atoms with Crippen molar-refractivity contribution in [3.63, 3.8) is 0 Å². The first-order valence-electron chi connectivity index (χ1n) is 6.89. The highest BCUT2D eigenvalue weighted by Gasteiger charge is 2.26. The lowest BCUT2D eigenvalue weighted by atomic mass is 10.0. The van der Waals surface area contributed by atoms with Gasteiger partial charge in [-0.25, -0.2) is 0 Å². The molecule has 3 rings (SSSR count). The molecule has 4 nitrogen and oxygen atoms in total. The Morgan fingerprint density at radius 2 is 1.90 bits per heavy atom. The van der Waals surface area contributed by atoms with Gasteiger partial charge in [-0.15, -0.1) is 12.4 Å². The molecule has 1 atom stereocenters. The van der Waals surface area contributed by atoms with Crippen LogP contribution in [0.5, 0.6) is 11.5 Å². The van der Waals surface area contributed by atoms with Gasteiger partial charge in [-0.3, -0.25) is 9.29 Å². The highest BCUT2D eigenvalue weighted by atomic mass is 35.5. The first-order valence-corrected chi connectivity index (χ1v) is 7.27. The predicted octanol–water partition coefficient (Wildman–Crippen LogP) is 2.80. The Bertz CT molecular complexity index is 484. The number of hydrogen-bond donors (Lipinski definition) is 1. The van der Waals surface area contributed by atoms with Gasteiger partial charge in [-0.1, -0.05) is 11.6 Å². The van der Waals surface area contributed by atoms with Crippen LogP contribution in [-0.2, 0) is 0 Å². The third kappa shape index (κ3) is 3.54. The van der Waals surface area contributed by atoms with Crippen LogP contribution in [0.3, 0.4) is 0 Å². The summed E-state index contributed by atoms with van der Waals surface area (Å²) >= 11 is 6.36. The number of ether oxygens (including phenoxy) is 2. The monoisotopic (exact) mass is 336 g/mol. The molecule has 0 saturated carbocycles. The van der Waals surface area contributed by atoms with Crippen molar-refractivity contribution in [2.45, 2.75) is 12.5 Å². The van der Waals surface area contributed by atoms with Gasteiger partial charge in [0.25, 0.3) is 0 Å². The Labute approximate surface area is 134 Å². The third-order valence-corrected chi connectivity index (χ3v) is 4.15. The molecule has 0 amide bonds. The summed E-state index contributed by atoms with van der Waals surface area (Å²) in [5, 5.41) is 3.92. The van der Waals surface area contributed by atoms with Gasteiger partial charge < -0.3 is 14.8 Å². The number of piperazine rings is 1. The fourth-order valence-electron chi connectivity index (χ4n) is 2.82. The molecule has 0 unspecified atom stereocenters. The molecule has 0 bridgehead atoms. The predicted molar refractivity (Wildman–Crippen MR) is 82.6 cm³/mol. The number of alkyl halides is 1. The molecule has 1 N–H and O–H groups in total. The van der Waals surface area contributed by atoms with E-state index >= 15 is 0 Å². The first kappa shape index (κ1) is 16.6. The average Bonchev–Trinajstić information content (AvgIpc) is 2.92. The Morgan fingerprint density at radius 1 is 1.24 bits per heavy atom. The minimum Gasteiger partial charge on any atom is -0.454 e. The van der Waals surface area contributed by atoms with E-state index in [0.717, 1.165) is 31.7 Å². The van der Waals surface area contributed by atoms with E-state index in [4.69, 9.17) is 21.1 Å². The number of benzene rings is 1. The zero-order valence-electron chi connectivity index (χ0n) is 11.6. The summed E-state index contributed by atoms with van der Waals surface area (Å²) in [6.45, 7) is 3.50. The summed E-state index contributed by atoms with van der Waals surface area (Å²) in [6, 6.07) is 3.66. The molecule has 1 aromatic carbocycles. The number of nitrogens with one attached hydrogen (secondary N) is 1. The number of halogens is 3. The number of nitrogens with zero attached hydrogens (tertiary/aromatic N) is 1. The average molecular weight is 337 g/mol. The Kier molecular flexibility index (Phi) is 5.93. The summed E-state index contributed by atoms with van der Waals surface area (Å²) < 4.78 is 23.7. The zero-order chi connectivity index (χ0) is 13.9. The summed E-state index contributed by atoms with van der Waals surface area (Å²) in [7, 11) is 0. The van der Waals surface area contributed by atoms with Gasteiger partial charge >= 0.3 is 0 Å². The van der Waals surface area contributed by atoms with Crippen LogP contribution in [-0.4, -0.2) is 44.5 Å². The van der Waals surface area contributed by atoms with Gasteiger partial charge in [0.1, 0.15) is 0 Å². The maximum absolute atomic E-state index is 12.9. The van der Waals surface area contributed by atoms with E-state index in [-0.39, 0.29) is 31.9 Å². The molecule has 7 heteroatoms. The van der Waals surface area contributed by atoms with E-state index in [1.165, 1.54) is 0 Å². The van der Waals surface area contributed by atoms with Gasteiger partial charge in [0.05, 0.1) is 6.67 Å². The number of fused-ring (bicyclic) bond motifs is 1. The van der Waals surface area contributed by atoms with Crippen LogP contribution < -0.4 is 14.8 Å². The fraction of sp³-hybridized carbons (Fsp3) is 0.571. The van der Waals surface area contributed by atoms with Crippen molar-refractivity contribution in [3.8, 4) is 11.5 Å². The van der Waals surface area contributed by atoms with Crippen molar-refractivity contribution in [2.24, 2.45) is 0 Å². The van der Waals surface area contributed by atoms with Crippen molar-refractivity contribution >= 4 is 24.0 Å². The molecule has 1 aromatic rings. The molecule has 2 aliphatic heterocycles. The molecule has 118 valence electrons. The molecule has 2 aliphatic rings. The molecule has 21 heavy (non-hydrogen) atoms. The van der Waals surface area contributed by atoms with Crippen molar-refractivity contribution in [1.29, 1.82) is 0 Å². The SMILES string of the molecule is Cl.FCC[C@H](c1cc2c(cc1Cl)OCO2)N1CCNCC1. The summed E-state index contributed by atoms with van der Waals surface area (Å²) in [5.41, 5.74) is 0.926. The van der Waals surface area contributed by atoms with Crippen molar-refractivity contribution in [2.75, 3.05) is 39.6 Å². The third-order valence-electron chi connectivity index (χ3n) is 3.83. The van der Waals surface area contributed by atoms with Gasteiger partial charge in [0.2, 0.25) is 6.79 Å². The second-order valence-corrected chi connectivity index (χ2v) is 5.41. The fourth-order valence-corrected chi connectivity index (χ4v) is 3.10. The molecule has 2 heterocycles. The van der Waals surface area contributed by atoms with Crippen LogP contribution in [0.15, 0.2) is 12.1 Å². The van der Waals surface area contributed by atoms with E-state index < -0.39 is 0 Å². The standard InChI is InChI=1S/C14H18ClFN2O2.ClH/c15-11-8-14-13(19-9-20-14)7-10(11)12(1-2-16)18-5-3-17-4-6-18;/h7-8,12,17H,1-6,9H2;1H/t12-;/m1./s1. The highest BCUT2D eigenvalue weighted by Crippen LogP contribution is 2.41. The van der Waals surface area contributed by atoms with Gasteiger partial charge in [-0.2, -0.15) is 0 Å². The lowest BCUT2D eigenvalue weighted by Crippen LogP contribution is -2.45. The van der Waals surface area contributed by atoms with Crippen molar-refractivity contribution in [3.05, 3.63) is 22.7 Å². The molecular formula is C14H19Cl2FN2O2. The molecule has 1 fully saturated rings. The van der Waals surface area contributed by atoms with Crippen LogP contribution >= 0.6 is 24.0 Å². The topological polar surface area (TPSA) is 33.7 Å². The van der Waals surface area contributed by atoms with Crippen molar-refractivity contribution < 1.29 is 13.9 Å². The van der Waals surface area contributed by atoms with E-state index in [9.17, 15) is 4.39 Å². The number of rotatable bonds is 4. The first-order chi connectivity index (χ1) is 9.79. The number of hydrogen-bond acceptors (Lipinski definition) is 4. The Hall–Kier alpha value is -0.750. The second-order valence-electron chi connectivity index (χ2n) is 5.01. The quantitative estimate of drug-likeness (QED) is 0.916. The maximum Gasteiger partial charge on any atom is 0.231 e. The van der Waals surface area contributed by atoms with Crippen LogP contribution in [0.2, 0.25) is 5.02 Å². The summed E-state index contributed by atoms with van der Waals surface area (Å²) in [4.78, 5) is 2.28. The molecule has 0 spiro atoms. The van der Waals surface area contributed by atoms with Crippen LogP contribution in [0.25, 0.3) is 0 Å². The lowest BCUT2D eigenvalue weighted by Gasteiger charge is -2.35. The summed E-state index contributed by atoms with van der Waals surface area (Å²) in [6.07, 6.45) is 0.444. The normalized spacial score (nSPS) is 19.1. The Balaban J connectivity index is 0.00000161. The second kappa shape index (κ2) is 7.49. The molecule has 1 saturated heterocycles. The van der Waals surface area contributed by atoms with E-state index in [2.05, 4.69) is 10.2 Å². The van der Waals surface area contributed by atoms with Gasteiger partial charge in [-0.05, 0) is 18.1 Å². The van der Waals surface area contributed by atoms with Crippen LogP contribution in [0.1, 0.15) is 18.0 Å². The lowest BCUT2D eigenvalue weighted by molar-refractivity contribution is 0.157. The van der Waals surface area contributed by atoms with E-state index in [0.29, 0.717) is 22.9 Å². The highest BCUT2D eigenvalue weighted by molar-refractivity contribution is 6.31. The van der Waals surface area contributed by atoms with E-state index in [1.807, 2.05) is 6.07 Å². The largest absolute Gasteiger partial charge is 0.454 e. The van der Waals surface area contributed by atoms with Crippen molar-refractivity contribution in [1.82, 2.24) is 10.2 Å². The molecule has 0 aromatic heterocycles. The zero-order valence-corrected chi connectivity index (χ0v) is 13.2. The smallest absolute Gasteiger partial charge is 0.231 e. The molecule has 0 aliphatic carbocycles. The van der Waals surface area contributed by atoms with Gasteiger partial charge in [0, 0.05) is 43.3 Å². The molecular weight excluding hydrogens is 318 g/mol.